The number of piperazine rings is 1. The highest BCUT2D eigenvalue weighted by Gasteiger charge is 2.25. The van der Waals surface area contributed by atoms with Crippen molar-refractivity contribution in [1.29, 1.82) is 0 Å². The first-order chi connectivity index (χ1) is 11.7. The van der Waals surface area contributed by atoms with E-state index < -0.39 is 0 Å². The Morgan fingerprint density at radius 1 is 1.17 bits per heavy atom. The first kappa shape index (κ1) is 14.9. The second kappa shape index (κ2) is 6.12. The van der Waals surface area contributed by atoms with Gasteiger partial charge in [0.1, 0.15) is 12.1 Å². The number of anilines is 1. The van der Waals surface area contributed by atoms with Gasteiger partial charge in [-0.3, -0.25) is 14.9 Å². The molecule has 8 heteroatoms. The summed E-state index contributed by atoms with van der Waals surface area (Å²) < 4.78 is 1.72. The van der Waals surface area contributed by atoms with Crippen molar-refractivity contribution in [3.05, 3.63) is 42.2 Å². The highest BCUT2D eigenvalue weighted by molar-refractivity contribution is 5.46. The van der Waals surface area contributed by atoms with Gasteiger partial charge in [-0.15, -0.1) is 15.3 Å². The van der Waals surface area contributed by atoms with Gasteiger partial charge in [0.05, 0.1) is 11.4 Å². The van der Waals surface area contributed by atoms with Crippen molar-refractivity contribution in [2.45, 2.75) is 26.4 Å². The molecule has 1 aliphatic rings. The van der Waals surface area contributed by atoms with Crippen LogP contribution in [0.3, 0.4) is 0 Å². The van der Waals surface area contributed by atoms with Crippen LogP contribution in [0.1, 0.15) is 18.3 Å². The first-order valence-corrected chi connectivity index (χ1v) is 8.12. The average molecular weight is 324 g/mol. The summed E-state index contributed by atoms with van der Waals surface area (Å²) in [5, 5.41) is 12.5. The van der Waals surface area contributed by atoms with Gasteiger partial charge < -0.3 is 4.90 Å². The Hall–Kier alpha value is -2.61. The van der Waals surface area contributed by atoms with E-state index in [-0.39, 0.29) is 0 Å². The number of hydrogen-bond acceptors (Lipinski definition) is 7. The molecule has 1 aliphatic heterocycles. The summed E-state index contributed by atoms with van der Waals surface area (Å²) in [6.07, 6.45) is 5.33. The molecule has 8 nitrogen and oxygen atoms in total. The van der Waals surface area contributed by atoms with Gasteiger partial charge in [-0.2, -0.15) is 4.52 Å². The Morgan fingerprint density at radius 2 is 2.08 bits per heavy atom. The summed E-state index contributed by atoms with van der Waals surface area (Å²) in [6.45, 7) is 7.89. The molecule has 124 valence electrons. The predicted octanol–water partition coefficient (Wildman–Crippen LogP) is 0.933. The fourth-order valence-electron chi connectivity index (χ4n) is 3.12. The van der Waals surface area contributed by atoms with Crippen LogP contribution in [-0.4, -0.2) is 60.4 Å². The van der Waals surface area contributed by atoms with Crippen LogP contribution in [-0.2, 0) is 6.54 Å². The van der Waals surface area contributed by atoms with Crippen molar-refractivity contribution >= 4 is 11.5 Å². The maximum absolute atomic E-state index is 4.60. The van der Waals surface area contributed by atoms with Crippen molar-refractivity contribution in [2.24, 2.45) is 0 Å². The molecule has 24 heavy (non-hydrogen) atoms. The molecule has 0 unspecified atom stereocenters. The molecule has 0 amide bonds. The highest BCUT2D eigenvalue weighted by Crippen LogP contribution is 2.19. The van der Waals surface area contributed by atoms with Gasteiger partial charge in [-0.1, -0.05) is 0 Å². The van der Waals surface area contributed by atoms with Gasteiger partial charge in [-0.25, -0.2) is 0 Å². The highest BCUT2D eigenvalue weighted by atomic mass is 15.4. The summed E-state index contributed by atoms with van der Waals surface area (Å²) >= 11 is 0. The van der Waals surface area contributed by atoms with Crippen molar-refractivity contribution in [1.82, 2.24) is 34.7 Å². The number of fused-ring (bicyclic) bond motifs is 1. The summed E-state index contributed by atoms with van der Waals surface area (Å²) in [6, 6.07) is 4.34. The summed E-state index contributed by atoms with van der Waals surface area (Å²) in [5.41, 5.74) is 2.74. The lowest BCUT2D eigenvalue weighted by Gasteiger charge is -2.40. The summed E-state index contributed by atoms with van der Waals surface area (Å²) in [5.74, 6) is 0.963. The van der Waals surface area contributed by atoms with Crippen LogP contribution in [0.5, 0.6) is 0 Å². The maximum atomic E-state index is 4.60. The lowest BCUT2D eigenvalue weighted by molar-refractivity contribution is 0.217. The van der Waals surface area contributed by atoms with Crippen molar-refractivity contribution in [2.75, 3.05) is 24.5 Å². The number of nitrogens with zero attached hydrogens (tertiary/aromatic N) is 8. The van der Waals surface area contributed by atoms with Gasteiger partial charge in [0.2, 0.25) is 0 Å². The van der Waals surface area contributed by atoms with Crippen LogP contribution >= 0.6 is 0 Å². The maximum Gasteiger partial charge on any atom is 0.177 e. The number of aryl methyl sites for hydroxylation is 1. The molecule has 0 aromatic carbocycles. The smallest absolute Gasteiger partial charge is 0.177 e. The largest absolute Gasteiger partial charge is 0.350 e. The molecule has 0 spiro atoms. The summed E-state index contributed by atoms with van der Waals surface area (Å²) in [7, 11) is 0. The molecule has 0 aliphatic carbocycles. The number of aromatic nitrogens is 6. The third-order valence-corrected chi connectivity index (χ3v) is 4.37. The molecule has 0 radical (unpaired) electrons. The van der Waals surface area contributed by atoms with Crippen LogP contribution in [0.4, 0.5) is 5.82 Å². The second-order valence-electron chi connectivity index (χ2n) is 6.25. The zero-order chi connectivity index (χ0) is 16.5. The summed E-state index contributed by atoms with van der Waals surface area (Å²) in [4.78, 5) is 13.5. The molecule has 4 heterocycles. The van der Waals surface area contributed by atoms with E-state index in [0.717, 1.165) is 49.0 Å². The Kier molecular flexibility index (Phi) is 3.81. The molecule has 0 N–H and O–H groups in total. The zero-order valence-corrected chi connectivity index (χ0v) is 13.9. The van der Waals surface area contributed by atoms with Gasteiger partial charge in [-0.05, 0) is 26.0 Å². The van der Waals surface area contributed by atoms with Crippen LogP contribution in [0, 0.1) is 6.92 Å². The minimum absolute atomic E-state index is 0.374. The quantitative estimate of drug-likeness (QED) is 0.709. The zero-order valence-electron chi connectivity index (χ0n) is 13.9. The van der Waals surface area contributed by atoms with Crippen molar-refractivity contribution in [3.8, 4) is 0 Å². The molecular weight excluding hydrogens is 304 g/mol. The fraction of sp³-hybridized carbons (Fsp3) is 0.438. The molecule has 0 bridgehead atoms. The normalized spacial score (nSPS) is 19.1. The fourth-order valence-corrected chi connectivity index (χ4v) is 3.12. The van der Waals surface area contributed by atoms with Crippen molar-refractivity contribution < 1.29 is 0 Å². The predicted molar refractivity (Wildman–Crippen MR) is 89.6 cm³/mol. The standard InChI is InChI=1S/C16H20N8/c1-12-7-18-14(8-17-12)10-22-5-6-23(13(2)9-22)16-4-3-15-20-19-11-24(15)21-16/h3-4,7-8,11,13H,5-6,9-10H2,1-2H3/t13-/m0/s1. The van der Waals surface area contributed by atoms with Gasteiger partial charge in [0.25, 0.3) is 0 Å². The molecular formula is C16H20N8. The van der Waals surface area contributed by atoms with Crippen LogP contribution in [0.15, 0.2) is 30.9 Å². The van der Waals surface area contributed by atoms with Crippen LogP contribution < -0.4 is 4.90 Å². The second-order valence-corrected chi connectivity index (χ2v) is 6.25. The van der Waals surface area contributed by atoms with E-state index in [1.54, 1.807) is 10.8 Å². The molecule has 0 saturated carbocycles. The topological polar surface area (TPSA) is 75.3 Å². The van der Waals surface area contributed by atoms with Crippen molar-refractivity contribution in [3.63, 3.8) is 0 Å². The minimum Gasteiger partial charge on any atom is -0.350 e. The van der Waals surface area contributed by atoms with Gasteiger partial charge in [0, 0.05) is 44.6 Å². The van der Waals surface area contributed by atoms with E-state index in [4.69, 9.17) is 0 Å². The molecule has 3 aromatic rings. The van der Waals surface area contributed by atoms with E-state index >= 15 is 0 Å². The lowest BCUT2D eigenvalue weighted by Crippen LogP contribution is -2.52. The Labute approximate surface area is 140 Å². The number of rotatable bonds is 3. The average Bonchev–Trinajstić information content (AvgIpc) is 3.05. The van der Waals surface area contributed by atoms with E-state index in [1.807, 2.05) is 31.5 Å². The molecule has 4 rings (SSSR count). The van der Waals surface area contributed by atoms with Crippen LogP contribution in [0.2, 0.25) is 0 Å². The molecule has 3 aromatic heterocycles. The SMILES string of the molecule is Cc1cnc(CN2CCN(c3ccc4nncn4n3)[C@@H](C)C2)cn1. The van der Waals surface area contributed by atoms with Gasteiger partial charge >= 0.3 is 0 Å². The molecule has 1 saturated heterocycles. The Morgan fingerprint density at radius 3 is 2.88 bits per heavy atom. The minimum atomic E-state index is 0.374. The van der Waals surface area contributed by atoms with Crippen LogP contribution in [0.25, 0.3) is 5.65 Å². The van der Waals surface area contributed by atoms with E-state index in [2.05, 4.69) is 42.0 Å². The van der Waals surface area contributed by atoms with E-state index in [1.165, 1.54) is 0 Å². The van der Waals surface area contributed by atoms with Gasteiger partial charge in [0.15, 0.2) is 5.65 Å². The molecule has 1 atom stereocenters. The molecule has 1 fully saturated rings. The third kappa shape index (κ3) is 2.92. The monoisotopic (exact) mass is 324 g/mol. The Balaban J connectivity index is 1.44. The first-order valence-electron chi connectivity index (χ1n) is 8.12. The van der Waals surface area contributed by atoms with E-state index in [9.17, 15) is 0 Å². The Bertz CT molecular complexity index is 827. The number of hydrogen-bond donors (Lipinski definition) is 0. The lowest BCUT2D eigenvalue weighted by atomic mass is 10.2. The third-order valence-electron chi connectivity index (χ3n) is 4.37. The van der Waals surface area contributed by atoms with E-state index in [0.29, 0.717) is 6.04 Å².